The van der Waals surface area contributed by atoms with Gasteiger partial charge in [0, 0.05) is 13.1 Å². The lowest BCUT2D eigenvalue weighted by atomic mass is 10.1. The zero-order chi connectivity index (χ0) is 26.6. The average molecular weight is 552 g/mol. The first kappa shape index (κ1) is 28.7. The van der Waals surface area contributed by atoms with Crippen molar-refractivity contribution in [3.05, 3.63) is 108 Å². The Balaban J connectivity index is 1.51. The Bertz CT molecular complexity index is 1080. The lowest BCUT2D eigenvalue weighted by molar-refractivity contribution is -0.0895. The SMILES string of the molecule is CCN(CC)C(=S)SC1O[C@H](COCc2ccccc2)[C@@H](OCc2ccccc2)[C@H]1OCc1ccccc1. The van der Waals surface area contributed by atoms with E-state index in [1.165, 1.54) is 0 Å². The normalized spacial score (nSPS) is 20.9. The van der Waals surface area contributed by atoms with Crippen LogP contribution in [0.5, 0.6) is 0 Å². The third-order valence-corrected chi connectivity index (χ3v) is 8.09. The van der Waals surface area contributed by atoms with Crippen LogP contribution in [-0.4, -0.2) is 52.7 Å². The van der Waals surface area contributed by atoms with Gasteiger partial charge in [-0.1, -0.05) is 115 Å². The fourth-order valence-corrected chi connectivity index (χ4v) is 6.07. The zero-order valence-electron chi connectivity index (χ0n) is 22.1. The first-order valence-corrected chi connectivity index (χ1v) is 14.5. The Morgan fingerprint density at radius 3 is 1.71 bits per heavy atom. The molecule has 3 aromatic rings. The first-order chi connectivity index (χ1) is 18.7. The molecule has 1 aliphatic rings. The van der Waals surface area contributed by atoms with E-state index >= 15 is 0 Å². The van der Waals surface area contributed by atoms with Crippen molar-refractivity contribution >= 4 is 28.3 Å². The van der Waals surface area contributed by atoms with Crippen LogP contribution in [0.2, 0.25) is 0 Å². The van der Waals surface area contributed by atoms with Gasteiger partial charge < -0.3 is 23.8 Å². The second kappa shape index (κ2) is 15.4. The number of hydrogen-bond donors (Lipinski definition) is 0. The highest BCUT2D eigenvalue weighted by atomic mass is 32.2. The summed E-state index contributed by atoms with van der Waals surface area (Å²) in [6, 6.07) is 30.5. The summed E-state index contributed by atoms with van der Waals surface area (Å²) in [7, 11) is 0. The van der Waals surface area contributed by atoms with Gasteiger partial charge >= 0.3 is 0 Å². The molecule has 0 aliphatic carbocycles. The van der Waals surface area contributed by atoms with Crippen LogP contribution in [0.3, 0.4) is 0 Å². The van der Waals surface area contributed by atoms with E-state index in [0.717, 1.165) is 34.1 Å². The number of nitrogens with zero attached hydrogens (tertiary/aromatic N) is 1. The summed E-state index contributed by atoms with van der Waals surface area (Å²) >= 11 is 7.33. The third kappa shape index (κ3) is 8.37. The topological polar surface area (TPSA) is 40.2 Å². The highest BCUT2D eigenvalue weighted by Crippen LogP contribution is 2.36. The first-order valence-electron chi connectivity index (χ1n) is 13.2. The van der Waals surface area contributed by atoms with Gasteiger partial charge in [-0.2, -0.15) is 0 Å². The van der Waals surface area contributed by atoms with Gasteiger partial charge in [0.25, 0.3) is 0 Å². The minimum absolute atomic E-state index is 0.291. The molecule has 38 heavy (non-hydrogen) atoms. The Kier molecular flexibility index (Phi) is 11.6. The molecule has 202 valence electrons. The van der Waals surface area contributed by atoms with Crippen LogP contribution in [0.1, 0.15) is 30.5 Å². The van der Waals surface area contributed by atoms with Crippen molar-refractivity contribution in [2.75, 3.05) is 19.7 Å². The van der Waals surface area contributed by atoms with Crippen LogP contribution in [0.15, 0.2) is 91.0 Å². The van der Waals surface area contributed by atoms with Crippen molar-refractivity contribution in [1.29, 1.82) is 0 Å². The van der Waals surface area contributed by atoms with Crippen molar-refractivity contribution < 1.29 is 18.9 Å². The molecule has 0 bridgehead atoms. The largest absolute Gasteiger partial charge is 0.374 e. The maximum atomic E-state index is 6.59. The number of ether oxygens (including phenoxy) is 4. The van der Waals surface area contributed by atoms with E-state index in [0.29, 0.717) is 26.4 Å². The third-order valence-electron chi connectivity index (χ3n) is 6.47. The van der Waals surface area contributed by atoms with E-state index in [2.05, 4.69) is 55.1 Å². The molecule has 4 rings (SSSR count). The number of thioether (sulfide) groups is 1. The van der Waals surface area contributed by atoms with Crippen LogP contribution in [-0.2, 0) is 38.8 Å². The molecule has 1 fully saturated rings. The molecule has 3 aromatic carbocycles. The van der Waals surface area contributed by atoms with Crippen molar-refractivity contribution in [2.24, 2.45) is 0 Å². The van der Waals surface area contributed by atoms with Gasteiger partial charge in [-0.15, -0.1) is 0 Å². The molecule has 0 N–H and O–H groups in total. The maximum Gasteiger partial charge on any atom is 0.139 e. The molecule has 0 spiro atoms. The van der Waals surface area contributed by atoms with Gasteiger partial charge in [-0.3, -0.25) is 0 Å². The van der Waals surface area contributed by atoms with Gasteiger partial charge in [0.2, 0.25) is 0 Å². The highest BCUT2D eigenvalue weighted by molar-refractivity contribution is 8.23. The molecule has 1 unspecified atom stereocenters. The van der Waals surface area contributed by atoms with Gasteiger partial charge in [-0.25, -0.2) is 0 Å². The molecular formula is C31H37NO4S2. The molecular weight excluding hydrogens is 514 g/mol. The second-order valence-corrected chi connectivity index (χ2v) is 10.9. The fourth-order valence-electron chi connectivity index (χ4n) is 4.35. The van der Waals surface area contributed by atoms with Crippen LogP contribution < -0.4 is 0 Å². The summed E-state index contributed by atoms with van der Waals surface area (Å²) in [5.74, 6) is 0. The summed E-state index contributed by atoms with van der Waals surface area (Å²) in [6.07, 6.45) is -0.922. The molecule has 1 aliphatic heterocycles. The van der Waals surface area contributed by atoms with Crippen LogP contribution in [0.25, 0.3) is 0 Å². The summed E-state index contributed by atoms with van der Waals surface area (Å²) in [4.78, 5) is 2.16. The van der Waals surface area contributed by atoms with Crippen molar-refractivity contribution in [1.82, 2.24) is 4.90 Å². The summed E-state index contributed by atoms with van der Waals surface area (Å²) in [5, 5.41) is 0. The number of rotatable bonds is 13. The number of hydrogen-bond acceptors (Lipinski definition) is 6. The quantitative estimate of drug-likeness (QED) is 0.226. The van der Waals surface area contributed by atoms with E-state index in [-0.39, 0.29) is 23.7 Å². The predicted octanol–water partition coefficient (Wildman–Crippen LogP) is 6.46. The van der Waals surface area contributed by atoms with Gasteiger partial charge in [-0.05, 0) is 30.5 Å². The van der Waals surface area contributed by atoms with E-state index < -0.39 is 0 Å². The van der Waals surface area contributed by atoms with E-state index in [4.69, 9.17) is 31.2 Å². The van der Waals surface area contributed by atoms with Crippen LogP contribution in [0, 0.1) is 0 Å². The summed E-state index contributed by atoms with van der Waals surface area (Å²) in [6.45, 7) is 7.76. The standard InChI is InChI=1S/C31H37NO4S2/c1-3-32(4-2)31(37)38-30-29(35-22-26-18-12-7-13-19-26)28(34-21-25-16-10-6-11-17-25)27(36-30)23-33-20-24-14-8-5-9-15-24/h5-19,27-30H,3-4,20-23H2,1-2H3/t27-,28-,29-,30?/m1/s1. The molecule has 0 saturated carbocycles. The van der Waals surface area contributed by atoms with Gasteiger partial charge in [0.05, 0.1) is 26.4 Å². The molecule has 5 nitrogen and oxygen atoms in total. The van der Waals surface area contributed by atoms with E-state index in [1.807, 2.05) is 54.6 Å². The molecule has 1 heterocycles. The lowest BCUT2D eigenvalue weighted by Crippen LogP contribution is -2.39. The van der Waals surface area contributed by atoms with Crippen molar-refractivity contribution in [3.8, 4) is 0 Å². The average Bonchev–Trinajstić information content (AvgIpc) is 3.28. The van der Waals surface area contributed by atoms with Crippen LogP contribution in [0.4, 0.5) is 0 Å². The smallest absolute Gasteiger partial charge is 0.139 e. The van der Waals surface area contributed by atoms with Crippen molar-refractivity contribution in [3.63, 3.8) is 0 Å². The minimum atomic E-state index is -0.317. The van der Waals surface area contributed by atoms with Gasteiger partial charge in [0.1, 0.15) is 28.1 Å². The molecule has 4 atom stereocenters. The summed E-state index contributed by atoms with van der Waals surface area (Å²) < 4.78 is 26.6. The number of benzene rings is 3. The van der Waals surface area contributed by atoms with E-state index in [1.54, 1.807) is 11.8 Å². The lowest BCUT2D eigenvalue weighted by Gasteiger charge is -2.27. The molecule has 0 radical (unpaired) electrons. The Labute approximate surface area is 236 Å². The second-order valence-electron chi connectivity index (χ2n) is 9.12. The molecule has 0 aromatic heterocycles. The maximum absolute atomic E-state index is 6.59. The zero-order valence-corrected chi connectivity index (χ0v) is 23.7. The number of thiocarbonyl (C=S) groups is 1. The molecule has 1 saturated heterocycles. The highest BCUT2D eigenvalue weighted by Gasteiger charge is 2.47. The van der Waals surface area contributed by atoms with E-state index in [9.17, 15) is 0 Å². The Morgan fingerprint density at radius 1 is 0.737 bits per heavy atom. The van der Waals surface area contributed by atoms with Gasteiger partial charge in [0.15, 0.2) is 0 Å². The Morgan fingerprint density at radius 2 is 1.21 bits per heavy atom. The summed E-state index contributed by atoms with van der Waals surface area (Å²) in [5.41, 5.74) is 3.02. The predicted molar refractivity (Wildman–Crippen MR) is 158 cm³/mol. The fraction of sp³-hybridized carbons (Fsp3) is 0.387. The molecule has 7 heteroatoms. The van der Waals surface area contributed by atoms with Crippen molar-refractivity contribution in [2.45, 2.75) is 57.4 Å². The Hall–Kier alpha value is -2.26. The monoisotopic (exact) mass is 551 g/mol. The van der Waals surface area contributed by atoms with Crippen LogP contribution >= 0.6 is 24.0 Å². The molecule has 0 amide bonds. The minimum Gasteiger partial charge on any atom is -0.374 e.